The van der Waals surface area contributed by atoms with Gasteiger partial charge in [0.05, 0.1) is 13.2 Å². The third kappa shape index (κ3) is 4.17. The van der Waals surface area contributed by atoms with Crippen LogP contribution in [0.25, 0.3) is 0 Å². The summed E-state index contributed by atoms with van der Waals surface area (Å²) in [6, 6.07) is 1.46. The third-order valence-corrected chi connectivity index (χ3v) is 4.41. The predicted molar refractivity (Wildman–Crippen MR) is 85.2 cm³/mol. The van der Waals surface area contributed by atoms with Crippen LogP contribution in [0.15, 0.2) is 10.9 Å². The van der Waals surface area contributed by atoms with Crippen LogP contribution in [0.2, 0.25) is 0 Å². The van der Waals surface area contributed by atoms with E-state index in [4.69, 9.17) is 4.74 Å². The Hall–Kier alpha value is -1.73. The molecular formula is C16H24N4O3. The molecule has 0 bridgehead atoms. The fourth-order valence-corrected chi connectivity index (χ4v) is 3.20. The summed E-state index contributed by atoms with van der Waals surface area (Å²) in [7, 11) is 0. The molecule has 7 nitrogen and oxygen atoms in total. The van der Waals surface area contributed by atoms with Crippen molar-refractivity contribution in [3.8, 4) is 0 Å². The van der Waals surface area contributed by atoms with E-state index in [1.807, 2.05) is 4.90 Å². The molecule has 0 radical (unpaired) electrons. The maximum Gasteiger partial charge on any atom is 0.251 e. The lowest BCUT2D eigenvalue weighted by atomic mass is 10.1. The average molecular weight is 320 g/mol. The van der Waals surface area contributed by atoms with Gasteiger partial charge < -0.3 is 14.6 Å². The Bertz CT molecular complexity index is 610. The Morgan fingerprint density at radius 3 is 2.87 bits per heavy atom. The number of aromatic amines is 1. The second-order valence-corrected chi connectivity index (χ2v) is 6.31. The van der Waals surface area contributed by atoms with Crippen LogP contribution in [0.5, 0.6) is 0 Å². The zero-order valence-corrected chi connectivity index (χ0v) is 13.6. The number of nitrogens with zero attached hydrogens (tertiary/aromatic N) is 3. The first-order valence-corrected chi connectivity index (χ1v) is 8.31. The first-order valence-electron chi connectivity index (χ1n) is 8.31. The van der Waals surface area contributed by atoms with E-state index in [9.17, 15) is 9.59 Å². The Labute approximate surface area is 135 Å². The Morgan fingerprint density at radius 1 is 1.35 bits per heavy atom. The molecule has 1 N–H and O–H groups in total. The Morgan fingerprint density at radius 2 is 2.13 bits per heavy atom. The highest BCUT2D eigenvalue weighted by Gasteiger charge is 2.27. The molecule has 1 atom stereocenters. The van der Waals surface area contributed by atoms with Crippen molar-refractivity contribution in [3.63, 3.8) is 0 Å². The van der Waals surface area contributed by atoms with Crippen molar-refractivity contribution >= 4 is 5.91 Å². The molecule has 2 aliphatic rings. The molecule has 7 heteroatoms. The van der Waals surface area contributed by atoms with Crippen LogP contribution < -0.4 is 5.56 Å². The number of aryl methyl sites for hydroxylation is 1. The topological polar surface area (TPSA) is 78.5 Å². The van der Waals surface area contributed by atoms with E-state index in [0.717, 1.165) is 32.5 Å². The molecule has 1 aromatic rings. The summed E-state index contributed by atoms with van der Waals surface area (Å²) < 4.78 is 5.73. The number of morpholine rings is 1. The second kappa shape index (κ2) is 7.23. The number of rotatable bonds is 3. The van der Waals surface area contributed by atoms with E-state index in [-0.39, 0.29) is 17.6 Å². The Balaban J connectivity index is 1.61. The van der Waals surface area contributed by atoms with Gasteiger partial charge in [0, 0.05) is 37.9 Å². The van der Waals surface area contributed by atoms with Crippen molar-refractivity contribution in [1.29, 1.82) is 0 Å². The van der Waals surface area contributed by atoms with E-state index in [1.54, 1.807) is 6.92 Å². The maximum atomic E-state index is 12.4. The van der Waals surface area contributed by atoms with Gasteiger partial charge in [-0.3, -0.25) is 14.5 Å². The van der Waals surface area contributed by atoms with Crippen LogP contribution in [0.4, 0.5) is 0 Å². The van der Waals surface area contributed by atoms with E-state index in [1.165, 1.54) is 12.5 Å². The number of carbonyl (C=O) groups excluding carboxylic acids is 1. The van der Waals surface area contributed by atoms with Crippen molar-refractivity contribution in [2.45, 2.75) is 32.3 Å². The van der Waals surface area contributed by atoms with Crippen LogP contribution in [-0.2, 0) is 9.53 Å². The van der Waals surface area contributed by atoms with Gasteiger partial charge in [-0.25, -0.2) is 4.98 Å². The number of nitrogens with one attached hydrogen (secondary N) is 1. The standard InChI is InChI=1S/C16H24N4O3/c1-12-9-14(21)18-16(17-12)13-10-19(7-8-23-13)11-15(22)20-5-3-2-4-6-20/h9,13H,2-8,10-11H2,1H3,(H,17,18,21)/t13-/m1/s1. The normalized spacial score (nSPS) is 23.0. The minimum atomic E-state index is -0.287. The zero-order chi connectivity index (χ0) is 16.2. The molecule has 0 aromatic carbocycles. The molecule has 2 aliphatic heterocycles. The molecular weight excluding hydrogens is 296 g/mol. The van der Waals surface area contributed by atoms with Gasteiger partial charge in [0.2, 0.25) is 5.91 Å². The summed E-state index contributed by atoms with van der Waals surface area (Å²) in [6.07, 6.45) is 3.14. The third-order valence-electron chi connectivity index (χ3n) is 4.41. The molecule has 1 aromatic heterocycles. The average Bonchev–Trinajstić information content (AvgIpc) is 2.55. The fraction of sp³-hybridized carbons (Fsp3) is 0.688. The highest BCUT2D eigenvalue weighted by atomic mass is 16.5. The number of H-pyrrole nitrogens is 1. The number of carbonyl (C=O) groups is 1. The molecule has 2 fully saturated rings. The molecule has 1 amide bonds. The van der Waals surface area contributed by atoms with Gasteiger partial charge in [-0.2, -0.15) is 0 Å². The highest BCUT2D eigenvalue weighted by Crippen LogP contribution is 2.19. The molecule has 23 heavy (non-hydrogen) atoms. The van der Waals surface area contributed by atoms with Gasteiger partial charge in [0.15, 0.2) is 0 Å². The van der Waals surface area contributed by atoms with Crippen LogP contribution in [-0.4, -0.2) is 65.0 Å². The van der Waals surface area contributed by atoms with E-state index in [2.05, 4.69) is 14.9 Å². The second-order valence-electron chi connectivity index (χ2n) is 6.31. The fourth-order valence-electron chi connectivity index (χ4n) is 3.20. The Kier molecular flexibility index (Phi) is 5.07. The molecule has 2 saturated heterocycles. The van der Waals surface area contributed by atoms with Gasteiger partial charge in [-0.1, -0.05) is 0 Å². The number of hydrogen-bond donors (Lipinski definition) is 1. The highest BCUT2D eigenvalue weighted by molar-refractivity contribution is 5.78. The summed E-state index contributed by atoms with van der Waals surface area (Å²) in [5.74, 6) is 0.737. The zero-order valence-electron chi connectivity index (χ0n) is 13.6. The van der Waals surface area contributed by atoms with Crippen molar-refractivity contribution < 1.29 is 9.53 Å². The first kappa shape index (κ1) is 16.1. The molecule has 0 spiro atoms. The lowest BCUT2D eigenvalue weighted by Gasteiger charge is -2.34. The van der Waals surface area contributed by atoms with Crippen molar-refractivity contribution in [1.82, 2.24) is 19.8 Å². The monoisotopic (exact) mass is 320 g/mol. The van der Waals surface area contributed by atoms with Gasteiger partial charge in [0.1, 0.15) is 11.9 Å². The summed E-state index contributed by atoms with van der Waals surface area (Å²) >= 11 is 0. The molecule has 0 unspecified atom stereocenters. The van der Waals surface area contributed by atoms with Gasteiger partial charge in [-0.05, 0) is 26.2 Å². The van der Waals surface area contributed by atoms with Crippen molar-refractivity contribution in [2.24, 2.45) is 0 Å². The smallest absolute Gasteiger partial charge is 0.251 e. The molecule has 3 rings (SSSR count). The first-order chi connectivity index (χ1) is 11.1. The minimum absolute atomic E-state index is 0.169. The van der Waals surface area contributed by atoms with Crippen LogP contribution >= 0.6 is 0 Å². The van der Waals surface area contributed by atoms with Crippen LogP contribution in [0, 0.1) is 6.92 Å². The quantitative estimate of drug-likeness (QED) is 0.875. The van der Waals surface area contributed by atoms with Gasteiger partial charge in [0.25, 0.3) is 5.56 Å². The molecule has 0 aliphatic carbocycles. The molecule has 3 heterocycles. The summed E-state index contributed by atoms with van der Waals surface area (Å²) in [5.41, 5.74) is 0.506. The number of likely N-dealkylation sites (tertiary alicyclic amines) is 1. The summed E-state index contributed by atoms with van der Waals surface area (Å²) in [4.78, 5) is 35.1. The maximum absolute atomic E-state index is 12.4. The molecule has 126 valence electrons. The van der Waals surface area contributed by atoms with Crippen molar-refractivity contribution in [2.75, 3.05) is 39.3 Å². The van der Waals surface area contributed by atoms with Crippen LogP contribution in [0.3, 0.4) is 0 Å². The van der Waals surface area contributed by atoms with Crippen LogP contribution in [0.1, 0.15) is 36.9 Å². The van der Waals surface area contributed by atoms with E-state index < -0.39 is 0 Å². The lowest BCUT2D eigenvalue weighted by molar-refractivity contribution is -0.135. The lowest BCUT2D eigenvalue weighted by Crippen LogP contribution is -2.47. The minimum Gasteiger partial charge on any atom is -0.368 e. The predicted octanol–water partition coefficient (Wildman–Crippen LogP) is 0.464. The van der Waals surface area contributed by atoms with Gasteiger partial charge >= 0.3 is 0 Å². The summed E-state index contributed by atoms with van der Waals surface area (Å²) in [5, 5.41) is 0. The summed E-state index contributed by atoms with van der Waals surface area (Å²) in [6.45, 7) is 5.79. The largest absolute Gasteiger partial charge is 0.368 e. The number of aromatic nitrogens is 2. The molecule has 0 saturated carbocycles. The number of ether oxygens (including phenoxy) is 1. The van der Waals surface area contributed by atoms with Gasteiger partial charge in [-0.15, -0.1) is 0 Å². The SMILES string of the molecule is Cc1cc(=O)[nH]c([C@H]2CN(CC(=O)N3CCCCC3)CCO2)n1. The van der Waals surface area contributed by atoms with E-state index >= 15 is 0 Å². The number of amides is 1. The van der Waals surface area contributed by atoms with Crippen molar-refractivity contribution in [3.05, 3.63) is 27.9 Å². The number of piperidine rings is 1. The number of hydrogen-bond acceptors (Lipinski definition) is 5. The van der Waals surface area contributed by atoms with E-state index in [0.29, 0.717) is 31.2 Å².